The summed E-state index contributed by atoms with van der Waals surface area (Å²) in [6.07, 6.45) is 4.89. The first kappa shape index (κ1) is 14.2. The molecule has 1 aromatic rings. The molecule has 0 unspecified atom stereocenters. The van der Waals surface area contributed by atoms with Crippen LogP contribution in [0.5, 0.6) is 11.5 Å². The van der Waals surface area contributed by atoms with Crippen molar-refractivity contribution in [1.29, 1.82) is 0 Å². The fourth-order valence-electron chi connectivity index (χ4n) is 2.89. The van der Waals surface area contributed by atoms with Gasteiger partial charge in [-0.15, -0.1) is 0 Å². The van der Waals surface area contributed by atoms with Crippen molar-refractivity contribution in [3.8, 4) is 11.5 Å². The summed E-state index contributed by atoms with van der Waals surface area (Å²) in [6, 6.07) is 6.34. The van der Waals surface area contributed by atoms with Gasteiger partial charge in [0.15, 0.2) is 11.5 Å². The highest BCUT2D eigenvalue weighted by atomic mass is 16.3. The maximum absolute atomic E-state index is 9.51. The predicted octanol–water partition coefficient (Wildman–Crippen LogP) is 2.06. The van der Waals surface area contributed by atoms with E-state index in [1.807, 2.05) is 13.1 Å². The van der Waals surface area contributed by atoms with Crippen LogP contribution in [0.4, 0.5) is 0 Å². The Labute approximate surface area is 115 Å². The number of nitrogens with zero attached hydrogens (tertiary/aromatic N) is 1. The standard InChI is InChI=1S/C15H24N2O2/c1-16-12-4-6-13(7-5-12)17(2)10-11-3-8-14(18)15(19)9-11/h3,8-9,12-13,16,18-19H,4-7,10H2,1-2H3. The summed E-state index contributed by atoms with van der Waals surface area (Å²) >= 11 is 0. The first-order chi connectivity index (χ1) is 9.10. The van der Waals surface area contributed by atoms with E-state index in [-0.39, 0.29) is 11.5 Å². The van der Waals surface area contributed by atoms with E-state index in [0.717, 1.165) is 12.1 Å². The van der Waals surface area contributed by atoms with Gasteiger partial charge in [-0.2, -0.15) is 0 Å². The van der Waals surface area contributed by atoms with Crippen molar-refractivity contribution in [2.45, 2.75) is 44.3 Å². The number of hydrogen-bond acceptors (Lipinski definition) is 4. The first-order valence-corrected chi connectivity index (χ1v) is 6.98. The average molecular weight is 264 g/mol. The van der Waals surface area contributed by atoms with Crippen molar-refractivity contribution in [2.75, 3.05) is 14.1 Å². The molecule has 0 spiro atoms. The van der Waals surface area contributed by atoms with Crippen LogP contribution in [-0.2, 0) is 6.54 Å². The molecule has 4 nitrogen and oxygen atoms in total. The third-order valence-electron chi connectivity index (χ3n) is 4.20. The van der Waals surface area contributed by atoms with E-state index in [2.05, 4.69) is 17.3 Å². The number of phenolic OH excluding ortho intramolecular Hbond substituents is 2. The average Bonchev–Trinajstić information content (AvgIpc) is 2.43. The van der Waals surface area contributed by atoms with Crippen LogP contribution in [0.15, 0.2) is 18.2 Å². The number of aromatic hydroxyl groups is 2. The summed E-state index contributed by atoms with van der Waals surface area (Å²) in [4.78, 5) is 2.34. The van der Waals surface area contributed by atoms with Crippen LogP contribution in [0.1, 0.15) is 31.2 Å². The molecule has 1 aliphatic rings. The van der Waals surface area contributed by atoms with Gasteiger partial charge < -0.3 is 15.5 Å². The Morgan fingerprint density at radius 2 is 1.84 bits per heavy atom. The van der Waals surface area contributed by atoms with Gasteiger partial charge in [0, 0.05) is 18.6 Å². The van der Waals surface area contributed by atoms with Crippen LogP contribution in [0.3, 0.4) is 0 Å². The Kier molecular flexibility index (Phi) is 4.66. The molecular weight excluding hydrogens is 240 g/mol. The van der Waals surface area contributed by atoms with Gasteiger partial charge >= 0.3 is 0 Å². The minimum Gasteiger partial charge on any atom is -0.504 e. The second-order valence-electron chi connectivity index (χ2n) is 5.53. The lowest BCUT2D eigenvalue weighted by atomic mass is 9.90. The predicted molar refractivity (Wildman–Crippen MR) is 76.3 cm³/mol. The van der Waals surface area contributed by atoms with Crippen molar-refractivity contribution < 1.29 is 10.2 Å². The molecule has 106 valence electrons. The highest BCUT2D eigenvalue weighted by Gasteiger charge is 2.23. The number of phenols is 2. The van der Waals surface area contributed by atoms with Crippen molar-refractivity contribution in [2.24, 2.45) is 0 Å². The maximum atomic E-state index is 9.51. The Morgan fingerprint density at radius 3 is 2.42 bits per heavy atom. The molecular formula is C15H24N2O2. The van der Waals surface area contributed by atoms with Gasteiger partial charge in [-0.05, 0) is 57.5 Å². The molecule has 0 saturated heterocycles. The number of nitrogens with one attached hydrogen (secondary N) is 1. The largest absolute Gasteiger partial charge is 0.504 e. The molecule has 19 heavy (non-hydrogen) atoms. The number of rotatable bonds is 4. The molecule has 4 heteroatoms. The van der Waals surface area contributed by atoms with Crippen LogP contribution in [-0.4, -0.2) is 41.3 Å². The van der Waals surface area contributed by atoms with E-state index in [1.54, 1.807) is 12.1 Å². The van der Waals surface area contributed by atoms with Crippen molar-refractivity contribution >= 4 is 0 Å². The Hall–Kier alpha value is -1.26. The fraction of sp³-hybridized carbons (Fsp3) is 0.600. The summed E-state index contributed by atoms with van der Waals surface area (Å²) in [5, 5.41) is 22.2. The minimum atomic E-state index is -0.0547. The van der Waals surface area contributed by atoms with Gasteiger partial charge in [-0.1, -0.05) is 6.07 Å². The summed E-state index contributed by atoms with van der Waals surface area (Å²) in [5.41, 5.74) is 1.04. The van der Waals surface area contributed by atoms with E-state index < -0.39 is 0 Å². The molecule has 0 aromatic heterocycles. The van der Waals surface area contributed by atoms with Gasteiger partial charge in [0.05, 0.1) is 0 Å². The molecule has 2 rings (SSSR count). The summed E-state index contributed by atoms with van der Waals surface area (Å²) in [7, 11) is 4.17. The SMILES string of the molecule is CNC1CCC(N(C)Cc2ccc(O)c(O)c2)CC1. The van der Waals surface area contributed by atoms with Gasteiger partial charge in [0.2, 0.25) is 0 Å². The maximum Gasteiger partial charge on any atom is 0.157 e. The van der Waals surface area contributed by atoms with E-state index in [4.69, 9.17) is 0 Å². The van der Waals surface area contributed by atoms with Crippen molar-refractivity contribution in [3.05, 3.63) is 23.8 Å². The van der Waals surface area contributed by atoms with Crippen LogP contribution in [0.2, 0.25) is 0 Å². The molecule has 0 heterocycles. The highest BCUT2D eigenvalue weighted by molar-refractivity contribution is 5.40. The zero-order valence-electron chi connectivity index (χ0n) is 11.8. The summed E-state index contributed by atoms with van der Waals surface area (Å²) in [6.45, 7) is 0.808. The molecule has 1 aromatic carbocycles. The number of hydrogen-bond donors (Lipinski definition) is 3. The lowest BCUT2D eigenvalue weighted by molar-refractivity contribution is 0.170. The molecule has 0 amide bonds. The van der Waals surface area contributed by atoms with Crippen LogP contribution in [0.25, 0.3) is 0 Å². The van der Waals surface area contributed by atoms with Gasteiger partial charge in [-0.25, -0.2) is 0 Å². The zero-order chi connectivity index (χ0) is 13.8. The molecule has 1 fully saturated rings. The topological polar surface area (TPSA) is 55.7 Å². The minimum absolute atomic E-state index is 0.0372. The fourth-order valence-corrected chi connectivity index (χ4v) is 2.89. The monoisotopic (exact) mass is 264 g/mol. The highest BCUT2D eigenvalue weighted by Crippen LogP contribution is 2.27. The van der Waals surface area contributed by atoms with Crippen molar-refractivity contribution in [3.63, 3.8) is 0 Å². The van der Waals surface area contributed by atoms with Crippen LogP contribution in [0, 0.1) is 0 Å². The molecule has 0 radical (unpaired) electrons. The second kappa shape index (κ2) is 6.26. The van der Waals surface area contributed by atoms with E-state index in [9.17, 15) is 10.2 Å². The Balaban J connectivity index is 1.90. The van der Waals surface area contributed by atoms with E-state index >= 15 is 0 Å². The molecule has 0 aliphatic heterocycles. The third kappa shape index (κ3) is 3.61. The lowest BCUT2D eigenvalue weighted by Crippen LogP contribution is -2.39. The molecule has 0 bridgehead atoms. The summed E-state index contributed by atoms with van der Waals surface area (Å²) in [5.74, 6) is -0.0919. The van der Waals surface area contributed by atoms with Gasteiger partial charge in [-0.3, -0.25) is 4.90 Å². The third-order valence-corrected chi connectivity index (χ3v) is 4.20. The molecule has 0 atom stereocenters. The molecule has 1 saturated carbocycles. The normalized spacial score (nSPS) is 23.7. The zero-order valence-corrected chi connectivity index (χ0v) is 11.8. The lowest BCUT2D eigenvalue weighted by Gasteiger charge is -2.34. The van der Waals surface area contributed by atoms with Gasteiger partial charge in [0.1, 0.15) is 0 Å². The molecule has 1 aliphatic carbocycles. The second-order valence-corrected chi connectivity index (χ2v) is 5.53. The first-order valence-electron chi connectivity index (χ1n) is 6.98. The van der Waals surface area contributed by atoms with E-state index in [0.29, 0.717) is 12.1 Å². The smallest absolute Gasteiger partial charge is 0.157 e. The van der Waals surface area contributed by atoms with Crippen LogP contribution < -0.4 is 5.32 Å². The molecule has 3 N–H and O–H groups in total. The Morgan fingerprint density at radius 1 is 1.16 bits per heavy atom. The van der Waals surface area contributed by atoms with Crippen molar-refractivity contribution in [1.82, 2.24) is 10.2 Å². The summed E-state index contributed by atoms with van der Waals surface area (Å²) < 4.78 is 0. The quantitative estimate of drug-likeness (QED) is 0.729. The van der Waals surface area contributed by atoms with Crippen LogP contribution >= 0.6 is 0 Å². The number of benzene rings is 1. The Bertz CT molecular complexity index is 415. The van der Waals surface area contributed by atoms with Gasteiger partial charge in [0.25, 0.3) is 0 Å². The van der Waals surface area contributed by atoms with E-state index in [1.165, 1.54) is 25.7 Å².